The van der Waals surface area contributed by atoms with Crippen molar-refractivity contribution in [3.63, 3.8) is 0 Å². The van der Waals surface area contributed by atoms with Gasteiger partial charge in [-0.15, -0.1) is 0 Å². The van der Waals surface area contributed by atoms with E-state index in [1.165, 1.54) is 11.0 Å². The summed E-state index contributed by atoms with van der Waals surface area (Å²) in [4.78, 5) is 13.8. The number of nitrogens with zero attached hydrogens (tertiary/aromatic N) is 1. The van der Waals surface area contributed by atoms with E-state index in [1.807, 2.05) is 0 Å². The molecule has 1 aromatic carbocycles. The molecule has 0 radical (unpaired) electrons. The summed E-state index contributed by atoms with van der Waals surface area (Å²) in [5.41, 5.74) is 0.652. The van der Waals surface area contributed by atoms with Crippen molar-refractivity contribution in [1.29, 1.82) is 0 Å². The van der Waals surface area contributed by atoms with Crippen molar-refractivity contribution < 1.29 is 18.7 Å². The molecule has 1 aromatic rings. The van der Waals surface area contributed by atoms with Crippen molar-refractivity contribution in [3.8, 4) is 0 Å². The fourth-order valence-corrected chi connectivity index (χ4v) is 2.36. The van der Waals surface area contributed by atoms with Gasteiger partial charge in [0.15, 0.2) is 0 Å². The lowest BCUT2D eigenvalue weighted by atomic mass is 10.1. The van der Waals surface area contributed by atoms with Crippen LogP contribution < -0.4 is 0 Å². The van der Waals surface area contributed by atoms with Crippen LogP contribution in [-0.2, 0) is 16.0 Å². The highest BCUT2D eigenvalue weighted by Gasteiger charge is 2.23. The number of carbonyl (C=O) groups is 1. The van der Waals surface area contributed by atoms with E-state index in [1.54, 1.807) is 40.9 Å². The molecule has 124 valence electrons. The monoisotopic (exact) mass is 375 g/mol. The van der Waals surface area contributed by atoms with Gasteiger partial charge >= 0.3 is 6.09 Å². The Morgan fingerprint density at radius 3 is 2.55 bits per heavy atom. The van der Waals surface area contributed by atoms with Crippen molar-refractivity contribution in [2.45, 2.75) is 39.8 Å². The molecule has 0 heterocycles. The molecule has 4 nitrogen and oxygen atoms in total. The maximum atomic E-state index is 13.8. The van der Waals surface area contributed by atoms with Crippen molar-refractivity contribution >= 4 is 22.0 Å². The van der Waals surface area contributed by atoms with Gasteiger partial charge in [-0.3, -0.25) is 0 Å². The van der Waals surface area contributed by atoms with Gasteiger partial charge in [-0.1, -0.05) is 15.9 Å². The first-order chi connectivity index (χ1) is 10.1. The molecule has 0 unspecified atom stereocenters. The standard InChI is InChI=1S/C16H23BrFNO3/c1-11-8-13(17)12(9-14(11)18)10-19(6-7-21-5)15(20)22-16(2,3)4/h8-9H,6-7,10H2,1-5H3. The molecule has 0 aromatic heterocycles. The molecule has 0 atom stereocenters. The third-order valence-electron chi connectivity index (χ3n) is 2.91. The van der Waals surface area contributed by atoms with E-state index in [0.29, 0.717) is 24.3 Å². The van der Waals surface area contributed by atoms with Gasteiger partial charge in [0.25, 0.3) is 0 Å². The zero-order valence-corrected chi connectivity index (χ0v) is 15.3. The minimum absolute atomic E-state index is 0.246. The SMILES string of the molecule is COCCN(Cc1cc(F)c(C)cc1Br)C(=O)OC(C)(C)C. The number of aryl methyl sites for hydroxylation is 1. The Morgan fingerprint density at radius 2 is 2.00 bits per heavy atom. The summed E-state index contributed by atoms with van der Waals surface area (Å²) in [6, 6.07) is 3.14. The van der Waals surface area contributed by atoms with Gasteiger partial charge in [-0.05, 0) is 51.0 Å². The van der Waals surface area contributed by atoms with Crippen LogP contribution in [0.4, 0.5) is 9.18 Å². The minimum atomic E-state index is -0.585. The number of hydrogen-bond acceptors (Lipinski definition) is 3. The van der Waals surface area contributed by atoms with Gasteiger partial charge in [0.05, 0.1) is 13.2 Å². The van der Waals surface area contributed by atoms with E-state index in [4.69, 9.17) is 9.47 Å². The second-order valence-corrected chi connectivity index (χ2v) is 6.94. The molecule has 0 N–H and O–H groups in total. The Balaban J connectivity index is 2.94. The maximum Gasteiger partial charge on any atom is 0.410 e. The van der Waals surface area contributed by atoms with Crippen molar-refractivity contribution in [2.24, 2.45) is 0 Å². The van der Waals surface area contributed by atoms with E-state index in [-0.39, 0.29) is 12.4 Å². The molecule has 22 heavy (non-hydrogen) atoms. The van der Waals surface area contributed by atoms with Gasteiger partial charge in [-0.2, -0.15) is 0 Å². The second kappa shape index (κ2) is 7.92. The third kappa shape index (κ3) is 5.93. The molecule has 0 spiro atoms. The molecule has 0 aliphatic rings. The Labute approximate surface area is 139 Å². The van der Waals surface area contributed by atoms with Crippen LogP contribution in [0.5, 0.6) is 0 Å². The molecule has 0 aliphatic heterocycles. The van der Waals surface area contributed by atoms with Crippen LogP contribution in [0, 0.1) is 12.7 Å². The molecular weight excluding hydrogens is 353 g/mol. The summed E-state index contributed by atoms with van der Waals surface area (Å²) in [5, 5.41) is 0. The van der Waals surface area contributed by atoms with Gasteiger partial charge in [0, 0.05) is 18.1 Å². The van der Waals surface area contributed by atoms with Crippen molar-refractivity contribution in [2.75, 3.05) is 20.3 Å². The molecule has 0 aliphatic carbocycles. The minimum Gasteiger partial charge on any atom is -0.444 e. The molecular formula is C16H23BrFNO3. The maximum absolute atomic E-state index is 13.8. The van der Waals surface area contributed by atoms with E-state index < -0.39 is 11.7 Å². The molecule has 0 bridgehead atoms. The largest absolute Gasteiger partial charge is 0.444 e. The molecule has 0 fully saturated rings. The second-order valence-electron chi connectivity index (χ2n) is 6.09. The number of methoxy groups -OCH3 is 1. The lowest BCUT2D eigenvalue weighted by molar-refractivity contribution is 0.0183. The lowest BCUT2D eigenvalue weighted by Gasteiger charge is -2.27. The molecule has 1 amide bonds. The number of rotatable bonds is 5. The lowest BCUT2D eigenvalue weighted by Crippen LogP contribution is -2.38. The van der Waals surface area contributed by atoms with Crippen LogP contribution in [0.25, 0.3) is 0 Å². The fourth-order valence-electron chi connectivity index (χ4n) is 1.78. The predicted molar refractivity (Wildman–Crippen MR) is 87.4 cm³/mol. The van der Waals surface area contributed by atoms with Gasteiger partial charge < -0.3 is 14.4 Å². The number of amides is 1. The first-order valence-corrected chi connectivity index (χ1v) is 7.84. The van der Waals surface area contributed by atoms with E-state index in [2.05, 4.69) is 15.9 Å². The van der Waals surface area contributed by atoms with Crippen LogP contribution in [0.1, 0.15) is 31.9 Å². The Bertz CT molecular complexity index is 529. The molecule has 1 rings (SSSR count). The van der Waals surface area contributed by atoms with Gasteiger partial charge in [-0.25, -0.2) is 9.18 Å². The molecule has 0 saturated heterocycles. The quantitative estimate of drug-likeness (QED) is 0.770. The van der Waals surface area contributed by atoms with E-state index >= 15 is 0 Å². The number of benzene rings is 1. The van der Waals surface area contributed by atoms with Crippen molar-refractivity contribution in [1.82, 2.24) is 4.90 Å². The highest BCUT2D eigenvalue weighted by atomic mass is 79.9. The number of hydrogen-bond donors (Lipinski definition) is 0. The predicted octanol–water partition coefficient (Wildman–Crippen LogP) is 4.28. The summed E-state index contributed by atoms with van der Waals surface area (Å²) in [6.45, 7) is 8.11. The van der Waals surface area contributed by atoms with E-state index in [9.17, 15) is 9.18 Å². The van der Waals surface area contributed by atoms with Gasteiger partial charge in [0.1, 0.15) is 11.4 Å². The Hall–Kier alpha value is -1.14. The number of carbonyl (C=O) groups excluding carboxylic acids is 1. The normalized spacial score (nSPS) is 11.4. The zero-order chi connectivity index (χ0) is 16.9. The highest BCUT2D eigenvalue weighted by molar-refractivity contribution is 9.10. The van der Waals surface area contributed by atoms with Crippen LogP contribution in [0.3, 0.4) is 0 Å². The van der Waals surface area contributed by atoms with Crippen LogP contribution >= 0.6 is 15.9 Å². The summed E-state index contributed by atoms with van der Waals surface area (Å²) in [7, 11) is 1.56. The first kappa shape index (κ1) is 18.9. The number of halogens is 2. The molecule has 6 heteroatoms. The van der Waals surface area contributed by atoms with Crippen LogP contribution in [0.15, 0.2) is 16.6 Å². The van der Waals surface area contributed by atoms with Crippen molar-refractivity contribution in [3.05, 3.63) is 33.5 Å². The smallest absolute Gasteiger partial charge is 0.410 e. The fraction of sp³-hybridized carbons (Fsp3) is 0.562. The number of ether oxygens (including phenoxy) is 2. The zero-order valence-electron chi connectivity index (χ0n) is 13.7. The van der Waals surface area contributed by atoms with E-state index in [0.717, 1.165) is 4.47 Å². The highest BCUT2D eigenvalue weighted by Crippen LogP contribution is 2.23. The Morgan fingerprint density at radius 1 is 1.36 bits per heavy atom. The van der Waals surface area contributed by atoms with Gasteiger partial charge in [0.2, 0.25) is 0 Å². The van der Waals surface area contributed by atoms with Crippen LogP contribution in [-0.4, -0.2) is 36.9 Å². The average Bonchev–Trinajstić information content (AvgIpc) is 2.38. The summed E-state index contributed by atoms with van der Waals surface area (Å²) >= 11 is 3.41. The Kier molecular flexibility index (Phi) is 6.81. The topological polar surface area (TPSA) is 38.8 Å². The average molecular weight is 376 g/mol. The summed E-state index contributed by atoms with van der Waals surface area (Å²) in [5.74, 6) is -0.297. The summed E-state index contributed by atoms with van der Waals surface area (Å²) in [6.07, 6.45) is -0.447. The molecule has 0 saturated carbocycles. The first-order valence-electron chi connectivity index (χ1n) is 7.05. The third-order valence-corrected chi connectivity index (χ3v) is 3.64. The summed E-state index contributed by atoms with van der Waals surface area (Å²) < 4.78 is 24.9. The van der Waals surface area contributed by atoms with Crippen LogP contribution in [0.2, 0.25) is 0 Å².